The van der Waals surface area contributed by atoms with Crippen LogP contribution in [0.3, 0.4) is 0 Å². The topological polar surface area (TPSA) is 76.1 Å². The van der Waals surface area contributed by atoms with Gasteiger partial charge in [-0.15, -0.1) is 0 Å². The maximum Gasteiger partial charge on any atom is 0.295 e. The quantitative estimate of drug-likeness (QED) is 0.158. The number of carbonyl (C=O) groups excluding carboxylic acids is 2. The number of likely N-dealkylation sites (tertiary alicyclic amines) is 1. The molecule has 6 nitrogen and oxygen atoms in total. The average molecular weight is 550 g/mol. The van der Waals surface area contributed by atoms with Gasteiger partial charge >= 0.3 is 0 Å². The van der Waals surface area contributed by atoms with Crippen LogP contribution in [0.4, 0.5) is 0 Å². The van der Waals surface area contributed by atoms with E-state index in [0.29, 0.717) is 37.5 Å². The maximum absolute atomic E-state index is 13.1. The van der Waals surface area contributed by atoms with Crippen molar-refractivity contribution in [2.45, 2.75) is 26.0 Å². The van der Waals surface area contributed by atoms with Crippen LogP contribution in [0.1, 0.15) is 34.7 Å². The number of aliphatic hydroxyl groups excluding tert-OH is 1. The number of benzene rings is 3. The van der Waals surface area contributed by atoms with Gasteiger partial charge in [0, 0.05) is 30.3 Å². The summed E-state index contributed by atoms with van der Waals surface area (Å²) in [5.74, 6) is -0.892. The minimum Gasteiger partial charge on any atom is -0.507 e. The van der Waals surface area contributed by atoms with Gasteiger partial charge < -0.3 is 19.5 Å². The first-order chi connectivity index (χ1) is 17.4. The zero-order valence-corrected chi connectivity index (χ0v) is 21.8. The molecule has 1 aliphatic rings. The number of aryl methyl sites for hydroxylation is 1. The number of ketones is 1. The summed E-state index contributed by atoms with van der Waals surface area (Å²) in [5, 5.41) is 11.2. The highest BCUT2D eigenvalue weighted by molar-refractivity contribution is 9.10. The third kappa shape index (κ3) is 5.53. The van der Waals surface area contributed by atoms with Gasteiger partial charge in [0.15, 0.2) is 0 Å². The zero-order valence-electron chi connectivity index (χ0n) is 20.2. The molecule has 1 heterocycles. The van der Waals surface area contributed by atoms with Crippen LogP contribution in [0.25, 0.3) is 5.76 Å². The second-order valence-electron chi connectivity index (χ2n) is 8.63. The number of carbonyl (C=O) groups is 2. The van der Waals surface area contributed by atoms with Crippen molar-refractivity contribution >= 4 is 33.4 Å². The fourth-order valence-corrected chi connectivity index (χ4v) is 4.54. The number of Topliss-reactive ketones (excluding diaryl/α,β-unsaturated/α-hetero) is 1. The van der Waals surface area contributed by atoms with E-state index in [4.69, 9.17) is 9.47 Å². The maximum atomic E-state index is 13.1. The average Bonchev–Trinajstić information content (AvgIpc) is 3.14. The van der Waals surface area contributed by atoms with Crippen LogP contribution in [0.2, 0.25) is 0 Å². The lowest BCUT2D eigenvalue weighted by Crippen LogP contribution is -2.31. The van der Waals surface area contributed by atoms with Gasteiger partial charge in [-0.3, -0.25) is 9.59 Å². The molecule has 0 radical (unpaired) electrons. The predicted octanol–water partition coefficient (Wildman–Crippen LogP) is 5.79. The van der Waals surface area contributed by atoms with E-state index in [1.165, 1.54) is 4.90 Å². The van der Waals surface area contributed by atoms with Crippen molar-refractivity contribution in [1.82, 2.24) is 4.90 Å². The summed E-state index contributed by atoms with van der Waals surface area (Å²) < 4.78 is 11.9. The van der Waals surface area contributed by atoms with Gasteiger partial charge in [-0.25, -0.2) is 0 Å². The Morgan fingerprint density at radius 2 is 1.69 bits per heavy atom. The van der Waals surface area contributed by atoms with E-state index in [9.17, 15) is 14.7 Å². The third-order valence-electron chi connectivity index (χ3n) is 6.26. The normalized spacial score (nSPS) is 17.0. The SMILES string of the molecule is COCCCN1C(=O)C(=O)C(=C(O)c2ccc(OCc3ccccc3C)cc2)C1c1ccc(Br)cc1. The van der Waals surface area contributed by atoms with Crippen molar-refractivity contribution in [3.05, 3.63) is 105 Å². The number of hydrogen-bond acceptors (Lipinski definition) is 5. The molecule has 1 fully saturated rings. The number of halogens is 1. The molecule has 0 aliphatic carbocycles. The fraction of sp³-hybridized carbons (Fsp3) is 0.241. The molecule has 0 spiro atoms. The molecule has 1 saturated heterocycles. The lowest BCUT2D eigenvalue weighted by molar-refractivity contribution is -0.140. The first-order valence-corrected chi connectivity index (χ1v) is 12.5. The van der Waals surface area contributed by atoms with Gasteiger partial charge in [-0.2, -0.15) is 0 Å². The van der Waals surface area contributed by atoms with E-state index in [0.717, 1.165) is 21.2 Å². The van der Waals surface area contributed by atoms with Crippen molar-refractivity contribution in [2.75, 3.05) is 20.3 Å². The predicted molar refractivity (Wildman–Crippen MR) is 142 cm³/mol. The van der Waals surface area contributed by atoms with Crippen molar-refractivity contribution in [2.24, 2.45) is 0 Å². The van der Waals surface area contributed by atoms with Crippen molar-refractivity contribution in [1.29, 1.82) is 0 Å². The molecule has 186 valence electrons. The van der Waals surface area contributed by atoms with E-state index in [-0.39, 0.29) is 11.3 Å². The molecule has 1 amide bonds. The number of hydrogen-bond donors (Lipinski definition) is 1. The number of ether oxygens (including phenoxy) is 2. The number of rotatable bonds is 9. The Kier molecular flexibility index (Phi) is 8.23. The van der Waals surface area contributed by atoms with Gasteiger partial charge in [-0.05, 0) is 66.4 Å². The van der Waals surface area contributed by atoms with Gasteiger partial charge in [0.05, 0.1) is 11.6 Å². The summed E-state index contributed by atoms with van der Waals surface area (Å²) in [6.45, 7) is 3.25. The smallest absolute Gasteiger partial charge is 0.295 e. The van der Waals surface area contributed by atoms with Crippen molar-refractivity contribution < 1.29 is 24.2 Å². The number of nitrogens with zero attached hydrogens (tertiary/aromatic N) is 1. The molecule has 4 rings (SSSR count). The van der Waals surface area contributed by atoms with Crippen LogP contribution in [-0.2, 0) is 20.9 Å². The summed E-state index contributed by atoms with van der Waals surface area (Å²) in [7, 11) is 1.59. The summed E-state index contributed by atoms with van der Waals surface area (Å²) in [6, 6.07) is 21.6. The second kappa shape index (κ2) is 11.5. The molecule has 3 aromatic carbocycles. The lowest BCUT2D eigenvalue weighted by Gasteiger charge is -2.25. The van der Waals surface area contributed by atoms with Gasteiger partial charge in [0.1, 0.15) is 18.1 Å². The number of methoxy groups -OCH3 is 1. The molecule has 1 unspecified atom stereocenters. The molecular formula is C29H28BrNO5. The Hall–Kier alpha value is -3.42. The summed E-state index contributed by atoms with van der Waals surface area (Å²) >= 11 is 3.43. The highest BCUT2D eigenvalue weighted by Crippen LogP contribution is 2.40. The minimum atomic E-state index is -0.697. The van der Waals surface area contributed by atoms with Crippen molar-refractivity contribution in [3.63, 3.8) is 0 Å². The Morgan fingerprint density at radius 1 is 1.00 bits per heavy atom. The molecule has 0 saturated carbocycles. The van der Waals surface area contributed by atoms with Gasteiger partial charge in [-0.1, -0.05) is 52.3 Å². The zero-order chi connectivity index (χ0) is 25.7. The molecule has 36 heavy (non-hydrogen) atoms. The first-order valence-electron chi connectivity index (χ1n) is 11.7. The van der Waals surface area contributed by atoms with E-state index in [1.807, 2.05) is 55.5 Å². The number of aliphatic hydroxyl groups is 1. The van der Waals surface area contributed by atoms with Crippen LogP contribution in [0.5, 0.6) is 5.75 Å². The monoisotopic (exact) mass is 549 g/mol. The van der Waals surface area contributed by atoms with E-state index < -0.39 is 17.7 Å². The van der Waals surface area contributed by atoms with Crippen LogP contribution < -0.4 is 4.74 Å². The Morgan fingerprint density at radius 3 is 2.36 bits per heavy atom. The van der Waals surface area contributed by atoms with Gasteiger partial charge in [0.25, 0.3) is 11.7 Å². The molecule has 1 N–H and O–H groups in total. The largest absolute Gasteiger partial charge is 0.507 e. The highest BCUT2D eigenvalue weighted by atomic mass is 79.9. The van der Waals surface area contributed by atoms with E-state index >= 15 is 0 Å². The number of amides is 1. The van der Waals surface area contributed by atoms with Crippen LogP contribution in [-0.4, -0.2) is 42.0 Å². The van der Waals surface area contributed by atoms with Gasteiger partial charge in [0.2, 0.25) is 0 Å². The molecule has 0 bridgehead atoms. The Labute approximate surface area is 219 Å². The molecule has 3 aromatic rings. The first kappa shape index (κ1) is 25.7. The molecule has 7 heteroatoms. The molecular weight excluding hydrogens is 522 g/mol. The van der Waals surface area contributed by atoms with Crippen LogP contribution in [0.15, 0.2) is 82.8 Å². The van der Waals surface area contributed by atoms with Crippen LogP contribution >= 0.6 is 15.9 Å². The minimum absolute atomic E-state index is 0.0771. The highest BCUT2D eigenvalue weighted by Gasteiger charge is 2.45. The lowest BCUT2D eigenvalue weighted by atomic mass is 9.95. The molecule has 0 aromatic heterocycles. The second-order valence-corrected chi connectivity index (χ2v) is 9.55. The summed E-state index contributed by atoms with van der Waals surface area (Å²) in [4.78, 5) is 27.6. The summed E-state index contributed by atoms with van der Waals surface area (Å²) in [6.07, 6.45) is 0.573. The van der Waals surface area contributed by atoms with Crippen molar-refractivity contribution in [3.8, 4) is 5.75 Å². The van der Waals surface area contributed by atoms with E-state index in [2.05, 4.69) is 15.9 Å². The Balaban J connectivity index is 1.63. The van der Waals surface area contributed by atoms with E-state index in [1.54, 1.807) is 31.4 Å². The summed E-state index contributed by atoms with van der Waals surface area (Å²) in [5.41, 5.74) is 3.50. The third-order valence-corrected chi connectivity index (χ3v) is 6.79. The van der Waals surface area contributed by atoms with Crippen LogP contribution in [0, 0.1) is 6.92 Å². The Bertz CT molecular complexity index is 1270. The standard InChI is InChI=1S/C29H28BrNO5/c1-19-6-3-4-7-22(19)18-36-24-14-10-21(11-15-24)27(32)25-26(20-8-12-23(30)13-9-20)31(16-5-17-35-2)29(34)28(25)33/h3-4,6-15,26,32H,5,16-18H2,1-2H3. The molecule has 1 atom stereocenters. The molecule has 1 aliphatic heterocycles. The fourth-order valence-electron chi connectivity index (χ4n) is 4.28.